The molecule has 0 saturated heterocycles. The Morgan fingerprint density at radius 2 is 1.83 bits per heavy atom. The molecule has 4 nitrogen and oxygen atoms in total. The van der Waals surface area contributed by atoms with Gasteiger partial charge in [-0.25, -0.2) is 0 Å². The number of aliphatic hydroxyl groups is 1. The molecular weight excluding hydrogens is 230 g/mol. The smallest absolute Gasteiger partial charge is 0.0897 e. The highest BCUT2D eigenvalue weighted by atomic mass is 16.5. The van der Waals surface area contributed by atoms with Gasteiger partial charge in [0.25, 0.3) is 0 Å². The van der Waals surface area contributed by atoms with Crippen LogP contribution >= 0.6 is 0 Å². The van der Waals surface area contributed by atoms with E-state index < -0.39 is 6.10 Å². The maximum absolute atomic E-state index is 9.66. The number of hydrogen-bond acceptors (Lipinski definition) is 4. The number of ether oxygens (including phenoxy) is 2. The highest BCUT2D eigenvalue weighted by molar-refractivity contribution is 4.65. The second-order valence-corrected chi connectivity index (χ2v) is 6.16. The molecule has 0 amide bonds. The van der Waals surface area contributed by atoms with Gasteiger partial charge in [-0.3, -0.25) is 0 Å². The third kappa shape index (κ3) is 13.9. The van der Waals surface area contributed by atoms with Gasteiger partial charge in [0.1, 0.15) is 0 Å². The van der Waals surface area contributed by atoms with Gasteiger partial charge >= 0.3 is 0 Å². The first-order valence-electron chi connectivity index (χ1n) is 6.89. The Morgan fingerprint density at radius 3 is 2.39 bits per heavy atom. The van der Waals surface area contributed by atoms with Crippen molar-refractivity contribution in [2.24, 2.45) is 5.41 Å². The molecule has 0 fully saturated rings. The molecule has 0 heterocycles. The second-order valence-electron chi connectivity index (χ2n) is 6.16. The zero-order valence-electron chi connectivity index (χ0n) is 12.7. The molecule has 0 saturated carbocycles. The van der Waals surface area contributed by atoms with Gasteiger partial charge in [-0.2, -0.15) is 0 Å². The SMILES string of the molecule is CC(C)OCCOCC(O)CNCCC(C)(C)C. The topological polar surface area (TPSA) is 50.7 Å². The Labute approximate surface area is 112 Å². The van der Waals surface area contributed by atoms with Gasteiger partial charge in [0.05, 0.1) is 32.0 Å². The first-order valence-corrected chi connectivity index (χ1v) is 6.89. The highest BCUT2D eigenvalue weighted by Crippen LogP contribution is 2.16. The lowest BCUT2D eigenvalue weighted by molar-refractivity contribution is -0.0100. The van der Waals surface area contributed by atoms with Gasteiger partial charge in [-0.1, -0.05) is 20.8 Å². The summed E-state index contributed by atoms with van der Waals surface area (Å²) in [5.41, 5.74) is 0.336. The number of aliphatic hydroxyl groups excluding tert-OH is 1. The standard InChI is InChI=1S/C14H31NO3/c1-12(2)18-9-8-17-11-13(16)10-15-7-6-14(3,4)5/h12-13,15-16H,6-11H2,1-5H3. The zero-order valence-corrected chi connectivity index (χ0v) is 12.7. The molecule has 0 radical (unpaired) electrons. The average Bonchev–Trinajstić information content (AvgIpc) is 2.22. The fraction of sp³-hybridized carbons (Fsp3) is 1.00. The Balaban J connectivity index is 3.30. The Hall–Kier alpha value is -0.160. The minimum absolute atomic E-state index is 0.234. The van der Waals surface area contributed by atoms with Crippen LogP contribution in [0.1, 0.15) is 41.0 Å². The molecule has 0 aromatic rings. The van der Waals surface area contributed by atoms with Crippen LogP contribution in [-0.4, -0.2) is 50.2 Å². The molecule has 0 aromatic carbocycles. The Morgan fingerprint density at radius 1 is 1.17 bits per heavy atom. The first-order chi connectivity index (χ1) is 8.31. The quantitative estimate of drug-likeness (QED) is 0.589. The summed E-state index contributed by atoms with van der Waals surface area (Å²) in [5.74, 6) is 0. The van der Waals surface area contributed by atoms with Crippen LogP contribution in [-0.2, 0) is 9.47 Å². The van der Waals surface area contributed by atoms with Crippen LogP contribution in [0.15, 0.2) is 0 Å². The van der Waals surface area contributed by atoms with Crippen LogP contribution in [0.5, 0.6) is 0 Å². The van der Waals surface area contributed by atoms with Gasteiger partial charge in [-0.15, -0.1) is 0 Å². The van der Waals surface area contributed by atoms with Crippen LogP contribution in [0, 0.1) is 5.41 Å². The van der Waals surface area contributed by atoms with Gasteiger partial charge in [0, 0.05) is 6.54 Å². The van der Waals surface area contributed by atoms with E-state index in [1.807, 2.05) is 13.8 Å². The minimum atomic E-state index is -0.441. The molecule has 18 heavy (non-hydrogen) atoms. The molecule has 0 aromatic heterocycles. The third-order valence-corrected chi connectivity index (χ3v) is 2.42. The van der Waals surface area contributed by atoms with Gasteiger partial charge in [-0.05, 0) is 32.2 Å². The third-order valence-electron chi connectivity index (χ3n) is 2.42. The number of rotatable bonds is 10. The van der Waals surface area contributed by atoms with Gasteiger partial charge in [0.2, 0.25) is 0 Å². The maximum atomic E-state index is 9.66. The van der Waals surface area contributed by atoms with E-state index in [-0.39, 0.29) is 6.10 Å². The van der Waals surface area contributed by atoms with Crippen molar-refractivity contribution in [1.29, 1.82) is 0 Å². The van der Waals surface area contributed by atoms with Crippen molar-refractivity contribution in [3.05, 3.63) is 0 Å². The summed E-state index contributed by atoms with van der Waals surface area (Å²) in [6.45, 7) is 13.6. The van der Waals surface area contributed by atoms with E-state index in [4.69, 9.17) is 9.47 Å². The Kier molecular flexibility index (Phi) is 9.64. The van der Waals surface area contributed by atoms with E-state index >= 15 is 0 Å². The number of nitrogens with one attached hydrogen (secondary N) is 1. The summed E-state index contributed by atoms with van der Waals surface area (Å²) in [5, 5.41) is 12.9. The van der Waals surface area contributed by atoms with Gasteiger partial charge in [0.15, 0.2) is 0 Å². The number of hydrogen-bond donors (Lipinski definition) is 2. The summed E-state index contributed by atoms with van der Waals surface area (Å²) in [6.07, 6.45) is 0.893. The van der Waals surface area contributed by atoms with Crippen molar-refractivity contribution in [1.82, 2.24) is 5.32 Å². The van der Waals surface area contributed by atoms with E-state index in [9.17, 15) is 5.11 Å². The van der Waals surface area contributed by atoms with Gasteiger partial charge < -0.3 is 19.9 Å². The van der Waals surface area contributed by atoms with Crippen molar-refractivity contribution < 1.29 is 14.6 Å². The lowest BCUT2D eigenvalue weighted by Crippen LogP contribution is -2.32. The first kappa shape index (κ1) is 17.8. The molecule has 0 rings (SSSR count). The summed E-state index contributed by atoms with van der Waals surface area (Å²) >= 11 is 0. The summed E-state index contributed by atoms with van der Waals surface area (Å²) in [4.78, 5) is 0. The molecule has 0 aliphatic carbocycles. The average molecular weight is 261 g/mol. The zero-order chi connectivity index (χ0) is 14.0. The molecule has 0 aliphatic heterocycles. The van der Waals surface area contributed by atoms with Crippen molar-refractivity contribution >= 4 is 0 Å². The predicted molar refractivity (Wildman–Crippen MR) is 74.9 cm³/mol. The Bertz CT molecular complexity index is 190. The fourth-order valence-electron chi connectivity index (χ4n) is 1.35. The summed E-state index contributed by atoms with van der Waals surface area (Å²) in [6, 6.07) is 0. The normalized spacial score (nSPS) is 14.2. The summed E-state index contributed by atoms with van der Waals surface area (Å²) < 4.78 is 10.7. The maximum Gasteiger partial charge on any atom is 0.0897 e. The van der Waals surface area contributed by atoms with Crippen molar-refractivity contribution in [2.75, 3.05) is 32.9 Å². The molecule has 110 valence electrons. The minimum Gasteiger partial charge on any atom is -0.389 e. The molecule has 0 spiro atoms. The van der Waals surface area contributed by atoms with E-state index in [0.29, 0.717) is 31.8 Å². The lowest BCUT2D eigenvalue weighted by Gasteiger charge is -2.19. The molecule has 2 N–H and O–H groups in total. The van der Waals surface area contributed by atoms with Crippen LogP contribution < -0.4 is 5.32 Å². The van der Waals surface area contributed by atoms with Crippen molar-refractivity contribution in [3.8, 4) is 0 Å². The van der Waals surface area contributed by atoms with Crippen molar-refractivity contribution in [2.45, 2.75) is 53.2 Å². The molecule has 1 unspecified atom stereocenters. The molecule has 0 aliphatic rings. The van der Waals surface area contributed by atoms with Crippen LogP contribution in [0.25, 0.3) is 0 Å². The molecule has 1 atom stereocenters. The van der Waals surface area contributed by atoms with Crippen LogP contribution in [0.4, 0.5) is 0 Å². The highest BCUT2D eigenvalue weighted by Gasteiger charge is 2.10. The van der Waals surface area contributed by atoms with Crippen LogP contribution in [0.2, 0.25) is 0 Å². The summed E-state index contributed by atoms with van der Waals surface area (Å²) in [7, 11) is 0. The predicted octanol–water partition coefficient (Wildman–Crippen LogP) is 1.81. The molecule has 0 bridgehead atoms. The lowest BCUT2D eigenvalue weighted by atomic mass is 9.92. The van der Waals surface area contributed by atoms with E-state index in [0.717, 1.165) is 13.0 Å². The van der Waals surface area contributed by atoms with E-state index in [1.54, 1.807) is 0 Å². The largest absolute Gasteiger partial charge is 0.389 e. The second kappa shape index (κ2) is 9.73. The fourth-order valence-corrected chi connectivity index (χ4v) is 1.35. The van der Waals surface area contributed by atoms with Crippen molar-refractivity contribution in [3.63, 3.8) is 0 Å². The van der Waals surface area contributed by atoms with Crippen LogP contribution in [0.3, 0.4) is 0 Å². The monoisotopic (exact) mass is 261 g/mol. The molecule has 4 heteroatoms. The van der Waals surface area contributed by atoms with E-state index in [2.05, 4.69) is 26.1 Å². The molecular formula is C14H31NO3. The van der Waals surface area contributed by atoms with E-state index in [1.165, 1.54) is 0 Å².